The molecule has 0 amide bonds. The summed E-state index contributed by atoms with van der Waals surface area (Å²) in [5.41, 5.74) is 5.41. The van der Waals surface area contributed by atoms with Gasteiger partial charge < -0.3 is 10.8 Å². The van der Waals surface area contributed by atoms with Crippen molar-refractivity contribution in [3.8, 4) is 0 Å². The van der Waals surface area contributed by atoms with Crippen molar-refractivity contribution in [1.82, 2.24) is 0 Å². The summed E-state index contributed by atoms with van der Waals surface area (Å²) in [6.45, 7) is 4.38. The van der Waals surface area contributed by atoms with Crippen LogP contribution in [0.5, 0.6) is 0 Å². The molecule has 2 nitrogen and oxygen atoms in total. The van der Waals surface area contributed by atoms with E-state index in [0.717, 1.165) is 32.1 Å². The summed E-state index contributed by atoms with van der Waals surface area (Å²) in [7, 11) is 0. The van der Waals surface area contributed by atoms with Crippen LogP contribution in [0.2, 0.25) is 0 Å². The maximum atomic E-state index is 9.87. The van der Waals surface area contributed by atoms with E-state index in [2.05, 4.69) is 13.8 Å². The van der Waals surface area contributed by atoms with E-state index >= 15 is 0 Å². The van der Waals surface area contributed by atoms with Crippen molar-refractivity contribution in [1.29, 1.82) is 0 Å². The van der Waals surface area contributed by atoms with Crippen molar-refractivity contribution >= 4 is 0 Å². The third kappa shape index (κ3) is 2.20. The van der Waals surface area contributed by atoms with Crippen LogP contribution < -0.4 is 5.73 Å². The van der Waals surface area contributed by atoms with Gasteiger partial charge in [-0.05, 0) is 38.0 Å². The van der Waals surface area contributed by atoms with Crippen molar-refractivity contribution in [3.63, 3.8) is 0 Å². The standard InChI is InChI=1S/C10H21NO/c1-8(2)4-5-9(11)10(12)6-3-7-10/h8-9,12H,3-7,11H2,1-2H3. The minimum Gasteiger partial charge on any atom is -0.388 e. The highest BCUT2D eigenvalue weighted by atomic mass is 16.3. The lowest BCUT2D eigenvalue weighted by atomic mass is 9.73. The van der Waals surface area contributed by atoms with E-state index in [4.69, 9.17) is 5.73 Å². The summed E-state index contributed by atoms with van der Waals surface area (Å²) in [5, 5.41) is 9.87. The summed E-state index contributed by atoms with van der Waals surface area (Å²) >= 11 is 0. The molecule has 0 heterocycles. The lowest BCUT2D eigenvalue weighted by Gasteiger charge is -2.41. The van der Waals surface area contributed by atoms with E-state index in [1.807, 2.05) is 0 Å². The van der Waals surface area contributed by atoms with E-state index < -0.39 is 5.60 Å². The van der Waals surface area contributed by atoms with E-state index in [1.54, 1.807) is 0 Å². The molecule has 0 aromatic rings. The highest BCUT2D eigenvalue weighted by Crippen LogP contribution is 2.35. The molecule has 1 fully saturated rings. The highest BCUT2D eigenvalue weighted by Gasteiger charge is 2.39. The summed E-state index contributed by atoms with van der Waals surface area (Å²) < 4.78 is 0. The van der Waals surface area contributed by atoms with E-state index in [1.165, 1.54) is 0 Å². The van der Waals surface area contributed by atoms with Gasteiger partial charge in [-0.15, -0.1) is 0 Å². The van der Waals surface area contributed by atoms with Crippen LogP contribution in [0.4, 0.5) is 0 Å². The summed E-state index contributed by atoms with van der Waals surface area (Å²) in [5.74, 6) is 0.694. The van der Waals surface area contributed by atoms with E-state index in [-0.39, 0.29) is 6.04 Å². The molecule has 0 aliphatic heterocycles. The van der Waals surface area contributed by atoms with E-state index in [9.17, 15) is 5.11 Å². The molecule has 3 N–H and O–H groups in total. The lowest BCUT2D eigenvalue weighted by Crippen LogP contribution is -2.52. The smallest absolute Gasteiger partial charge is 0.0798 e. The van der Waals surface area contributed by atoms with Crippen LogP contribution >= 0.6 is 0 Å². The Morgan fingerprint density at radius 2 is 1.92 bits per heavy atom. The van der Waals surface area contributed by atoms with Crippen LogP contribution in [0.25, 0.3) is 0 Å². The number of hydrogen-bond acceptors (Lipinski definition) is 2. The van der Waals surface area contributed by atoms with Gasteiger partial charge in [-0.25, -0.2) is 0 Å². The monoisotopic (exact) mass is 171 g/mol. The molecule has 1 saturated carbocycles. The molecule has 72 valence electrons. The van der Waals surface area contributed by atoms with Gasteiger partial charge >= 0.3 is 0 Å². The molecule has 0 saturated heterocycles. The topological polar surface area (TPSA) is 46.2 Å². The van der Waals surface area contributed by atoms with Crippen LogP contribution in [-0.4, -0.2) is 16.7 Å². The first-order valence-corrected chi connectivity index (χ1v) is 5.02. The molecule has 12 heavy (non-hydrogen) atoms. The van der Waals surface area contributed by atoms with Gasteiger partial charge in [-0.2, -0.15) is 0 Å². The average Bonchev–Trinajstić information content (AvgIpc) is 1.95. The van der Waals surface area contributed by atoms with Gasteiger partial charge in [-0.3, -0.25) is 0 Å². The molecular weight excluding hydrogens is 150 g/mol. The molecule has 0 aromatic heterocycles. The molecule has 1 aliphatic rings. The second-order valence-corrected chi connectivity index (χ2v) is 4.53. The van der Waals surface area contributed by atoms with Gasteiger partial charge in [0.05, 0.1) is 5.60 Å². The summed E-state index contributed by atoms with van der Waals surface area (Å²) in [6, 6.07) is 0.00801. The van der Waals surface area contributed by atoms with Gasteiger partial charge in [0.15, 0.2) is 0 Å². The zero-order valence-electron chi connectivity index (χ0n) is 8.21. The Bertz CT molecular complexity index is 141. The molecule has 1 unspecified atom stereocenters. The third-order valence-electron chi connectivity index (χ3n) is 2.96. The Hall–Kier alpha value is -0.0800. The minimum atomic E-state index is -0.505. The molecule has 0 radical (unpaired) electrons. The first-order chi connectivity index (χ1) is 5.54. The average molecular weight is 171 g/mol. The Kier molecular flexibility index (Phi) is 3.13. The Balaban J connectivity index is 2.23. The second-order valence-electron chi connectivity index (χ2n) is 4.53. The van der Waals surface area contributed by atoms with Gasteiger partial charge in [-0.1, -0.05) is 13.8 Å². The third-order valence-corrected chi connectivity index (χ3v) is 2.96. The fourth-order valence-electron chi connectivity index (χ4n) is 1.69. The second kappa shape index (κ2) is 3.75. The normalized spacial score (nSPS) is 23.8. The fraction of sp³-hybridized carbons (Fsp3) is 1.00. The first kappa shape index (κ1) is 10.0. The van der Waals surface area contributed by atoms with Crippen molar-refractivity contribution in [2.24, 2.45) is 11.7 Å². The minimum absolute atomic E-state index is 0.00801. The summed E-state index contributed by atoms with van der Waals surface area (Å²) in [6.07, 6.45) is 5.06. The fourth-order valence-corrected chi connectivity index (χ4v) is 1.69. The maximum absolute atomic E-state index is 9.87. The molecule has 0 bridgehead atoms. The van der Waals surface area contributed by atoms with Crippen molar-refractivity contribution in [3.05, 3.63) is 0 Å². The molecule has 2 heteroatoms. The molecular formula is C10H21NO. The molecule has 1 atom stereocenters. The zero-order valence-corrected chi connectivity index (χ0v) is 8.21. The maximum Gasteiger partial charge on any atom is 0.0798 e. The number of hydrogen-bond donors (Lipinski definition) is 2. The van der Waals surface area contributed by atoms with Crippen LogP contribution in [0.1, 0.15) is 46.0 Å². The molecule has 0 aromatic carbocycles. The number of rotatable bonds is 4. The van der Waals surface area contributed by atoms with Crippen LogP contribution in [0.15, 0.2) is 0 Å². The van der Waals surface area contributed by atoms with E-state index in [0.29, 0.717) is 5.92 Å². The van der Waals surface area contributed by atoms with Gasteiger partial charge in [0.25, 0.3) is 0 Å². The zero-order chi connectivity index (χ0) is 9.19. The SMILES string of the molecule is CC(C)CCC(N)C1(O)CCC1. The summed E-state index contributed by atoms with van der Waals surface area (Å²) in [4.78, 5) is 0. The molecule has 1 rings (SSSR count). The van der Waals surface area contributed by atoms with Crippen molar-refractivity contribution in [2.75, 3.05) is 0 Å². The quantitative estimate of drug-likeness (QED) is 0.676. The van der Waals surface area contributed by atoms with Crippen molar-refractivity contribution in [2.45, 2.75) is 57.6 Å². The van der Waals surface area contributed by atoms with Crippen molar-refractivity contribution < 1.29 is 5.11 Å². The first-order valence-electron chi connectivity index (χ1n) is 5.02. The van der Waals surface area contributed by atoms with Crippen LogP contribution in [0.3, 0.4) is 0 Å². The molecule has 0 spiro atoms. The predicted octanol–water partition coefficient (Wildman–Crippen LogP) is 1.66. The Morgan fingerprint density at radius 1 is 1.33 bits per heavy atom. The molecule has 1 aliphatic carbocycles. The number of aliphatic hydroxyl groups is 1. The van der Waals surface area contributed by atoms with Gasteiger partial charge in [0.2, 0.25) is 0 Å². The lowest BCUT2D eigenvalue weighted by molar-refractivity contribution is -0.0575. The van der Waals surface area contributed by atoms with Crippen LogP contribution in [0, 0.1) is 5.92 Å². The largest absolute Gasteiger partial charge is 0.388 e. The van der Waals surface area contributed by atoms with Gasteiger partial charge in [0.1, 0.15) is 0 Å². The predicted molar refractivity (Wildman–Crippen MR) is 50.8 cm³/mol. The van der Waals surface area contributed by atoms with Gasteiger partial charge in [0, 0.05) is 6.04 Å². The number of nitrogens with two attached hydrogens (primary N) is 1. The highest BCUT2D eigenvalue weighted by molar-refractivity contribution is 4.96. The Labute approximate surface area is 75.2 Å². The Morgan fingerprint density at radius 3 is 2.25 bits per heavy atom. The van der Waals surface area contributed by atoms with Crippen LogP contribution in [-0.2, 0) is 0 Å².